The molecule has 0 spiro atoms. The molecule has 1 aromatic carbocycles. The molecule has 1 aromatic rings. The van der Waals surface area contributed by atoms with E-state index in [-0.39, 0.29) is 28.5 Å². The van der Waals surface area contributed by atoms with Gasteiger partial charge in [0.1, 0.15) is 0 Å². The van der Waals surface area contributed by atoms with Crippen LogP contribution in [0.5, 0.6) is 0 Å². The molecule has 0 atom stereocenters. The molecule has 1 aliphatic heterocycles. The number of carbonyl (C=O) groups is 1. The number of rotatable bonds is 6. The minimum Gasteiger partial charge on any atom is -0.351 e. The van der Waals surface area contributed by atoms with E-state index in [1.165, 1.54) is 4.31 Å². The number of hydrogen-bond donors (Lipinski definition) is 1. The van der Waals surface area contributed by atoms with E-state index < -0.39 is 10.0 Å². The molecule has 1 heterocycles. The van der Waals surface area contributed by atoms with E-state index in [0.29, 0.717) is 36.5 Å². The van der Waals surface area contributed by atoms with Crippen LogP contribution in [0.25, 0.3) is 0 Å². The first-order valence-electron chi connectivity index (χ1n) is 9.82. The quantitative estimate of drug-likeness (QED) is 0.737. The van der Waals surface area contributed by atoms with Crippen molar-refractivity contribution in [1.82, 2.24) is 9.62 Å². The summed E-state index contributed by atoms with van der Waals surface area (Å²) >= 11 is 5.86. The van der Waals surface area contributed by atoms with Gasteiger partial charge in [0.2, 0.25) is 15.9 Å². The van der Waals surface area contributed by atoms with E-state index in [1.807, 2.05) is 13.8 Å². The number of carbonyl (C=O) groups excluding carboxylic acids is 1. The lowest BCUT2D eigenvalue weighted by molar-refractivity contribution is -0.128. The highest BCUT2D eigenvalue weighted by Crippen LogP contribution is 2.28. The number of benzene rings is 1. The van der Waals surface area contributed by atoms with Crippen LogP contribution in [0, 0.1) is 11.3 Å². The summed E-state index contributed by atoms with van der Waals surface area (Å²) in [6.07, 6.45) is 1.98. The minimum absolute atomic E-state index is 0.0315. The molecule has 0 radical (unpaired) electrons. The fourth-order valence-corrected chi connectivity index (χ4v) is 5.77. The summed E-state index contributed by atoms with van der Waals surface area (Å²) in [5.41, 5.74) is 0.552. The lowest BCUT2D eigenvalue weighted by Gasteiger charge is -2.36. The third kappa shape index (κ3) is 7.05. The molecule has 158 valence electrons. The molecule has 1 N–H and O–H groups in total. The number of halogens is 1. The van der Waals surface area contributed by atoms with Crippen molar-refractivity contribution in [1.29, 1.82) is 0 Å². The Hall–Kier alpha value is -1.11. The zero-order valence-corrected chi connectivity index (χ0v) is 19.2. The number of nitrogens with one attached hydrogen (secondary N) is 1. The Balaban J connectivity index is 1.90. The van der Waals surface area contributed by atoms with Gasteiger partial charge in [0.25, 0.3) is 0 Å². The summed E-state index contributed by atoms with van der Waals surface area (Å²) < 4.78 is 26.9. The van der Waals surface area contributed by atoms with Gasteiger partial charge < -0.3 is 5.32 Å². The van der Waals surface area contributed by atoms with Crippen molar-refractivity contribution >= 4 is 27.5 Å². The maximum atomic E-state index is 12.7. The van der Waals surface area contributed by atoms with Crippen molar-refractivity contribution in [2.75, 3.05) is 13.1 Å². The molecule has 28 heavy (non-hydrogen) atoms. The monoisotopic (exact) mass is 428 g/mol. The van der Waals surface area contributed by atoms with Crippen LogP contribution in [0.4, 0.5) is 0 Å². The fourth-order valence-electron chi connectivity index (χ4n) is 4.08. The Morgan fingerprint density at radius 3 is 2.14 bits per heavy atom. The van der Waals surface area contributed by atoms with Gasteiger partial charge in [-0.3, -0.25) is 4.79 Å². The molecule has 2 rings (SSSR count). The van der Waals surface area contributed by atoms with Crippen molar-refractivity contribution < 1.29 is 13.2 Å². The van der Waals surface area contributed by atoms with Crippen LogP contribution in [0.2, 0.25) is 5.02 Å². The zero-order chi connectivity index (χ0) is 21.2. The largest absolute Gasteiger partial charge is 0.351 e. The van der Waals surface area contributed by atoms with Crippen LogP contribution in [0.1, 0.15) is 59.4 Å². The fraction of sp³-hybridized carbons (Fsp3) is 0.667. The molecule has 0 aliphatic carbocycles. The second-order valence-corrected chi connectivity index (χ2v) is 12.1. The molecule has 1 amide bonds. The molecule has 5 nitrogen and oxygen atoms in total. The molecular formula is C21H33ClN2O3S. The number of sulfonamides is 1. The molecule has 1 fully saturated rings. The SMILES string of the molecule is CC(C)(C)CC(C)(C)NC(=O)C1CCN(S(=O)(=O)Cc2ccc(Cl)cc2)CC1. The van der Waals surface area contributed by atoms with E-state index in [2.05, 4.69) is 26.1 Å². The second-order valence-electron chi connectivity index (χ2n) is 9.67. The summed E-state index contributed by atoms with van der Waals surface area (Å²) in [5, 5.41) is 3.75. The van der Waals surface area contributed by atoms with E-state index in [9.17, 15) is 13.2 Å². The lowest BCUT2D eigenvalue weighted by Crippen LogP contribution is -2.50. The van der Waals surface area contributed by atoms with Gasteiger partial charge in [0.05, 0.1) is 5.75 Å². The van der Waals surface area contributed by atoms with Gasteiger partial charge >= 0.3 is 0 Å². The van der Waals surface area contributed by atoms with Crippen molar-refractivity contribution in [2.45, 2.75) is 65.2 Å². The summed E-state index contributed by atoms with van der Waals surface area (Å²) in [6.45, 7) is 11.3. The third-order valence-corrected chi connectivity index (χ3v) is 7.02. The highest BCUT2D eigenvalue weighted by atomic mass is 35.5. The smallest absolute Gasteiger partial charge is 0.223 e. The summed E-state index contributed by atoms with van der Waals surface area (Å²) in [4.78, 5) is 12.7. The summed E-state index contributed by atoms with van der Waals surface area (Å²) in [7, 11) is -3.40. The molecule has 1 aliphatic rings. The molecular weight excluding hydrogens is 396 g/mol. The number of hydrogen-bond acceptors (Lipinski definition) is 3. The average Bonchev–Trinajstić information content (AvgIpc) is 2.54. The number of nitrogens with zero attached hydrogens (tertiary/aromatic N) is 1. The van der Waals surface area contributed by atoms with Gasteiger partial charge in [-0.15, -0.1) is 0 Å². The van der Waals surface area contributed by atoms with Crippen LogP contribution in [-0.2, 0) is 20.6 Å². The van der Waals surface area contributed by atoms with Gasteiger partial charge in [-0.05, 0) is 56.2 Å². The van der Waals surface area contributed by atoms with Crippen LogP contribution < -0.4 is 5.32 Å². The standard InChI is InChI=1S/C21H33ClN2O3S/c1-20(2,3)15-21(4,5)23-19(25)17-10-12-24(13-11-17)28(26,27)14-16-6-8-18(22)9-7-16/h6-9,17H,10-15H2,1-5H3,(H,23,25). The van der Waals surface area contributed by atoms with E-state index >= 15 is 0 Å². The first-order chi connectivity index (χ1) is 12.8. The Labute approximate surface area is 174 Å². The van der Waals surface area contributed by atoms with Crippen molar-refractivity contribution in [3.05, 3.63) is 34.9 Å². The van der Waals surface area contributed by atoms with Gasteiger partial charge in [-0.25, -0.2) is 12.7 Å². The van der Waals surface area contributed by atoms with E-state index in [1.54, 1.807) is 24.3 Å². The van der Waals surface area contributed by atoms with Crippen molar-refractivity contribution in [3.8, 4) is 0 Å². The first-order valence-corrected chi connectivity index (χ1v) is 11.8. The molecule has 0 unspecified atom stereocenters. The second kappa shape index (κ2) is 8.72. The highest BCUT2D eigenvalue weighted by Gasteiger charge is 2.34. The summed E-state index contributed by atoms with van der Waals surface area (Å²) in [6, 6.07) is 6.86. The third-order valence-electron chi connectivity index (χ3n) is 4.91. The highest BCUT2D eigenvalue weighted by molar-refractivity contribution is 7.88. The number of amides is 1. The van der Waals surface area contributed by atoms with Gasteiger partial charge in [-0.2, -0.15) is 0 Å². The molecule has 0 bridgehead atoms. The Bertz CT molecular complexity index is 775. The maximum absolute atomic E-state index is 12.7. The summed E-state index contributed by atoms with van der Waals surface area (Å²) in [5.74, 6) is -0.148. The molecule has 1 saturated heterocycles. The predicted octanol–water partition coefficient (Wildman–Crippen LogP) is 4.21. The topological polar surface area (TPSA) is 66.5 Å². The van der Waals surface area contributed by atoms with E-state index in [4.69, 9.17) is 11.6 Å². The first kappa shape index (κ1) is 23.2. The normalized spacial score (nSPS) is 17.5. The molecule has 0 saturated carbocycles. The van der Waals surface area contributed by atoms with Crippen molar-refractivity contribution in [3.63, 3.8) is 0 Å². The van der Waals surface area contributed by atoms with Crippen LogP contribution >= 0.6 is 11.6 Å². The van der Waals surface area contributed by atoms with Gasteiger partial charge in [0.15, 0.2) is 0 Å². The predicted molar refractivity (Wildman–Crippen MR) is 115 cm³/mol. The van der Waals surface area contributed by atoms with Crippen molar-refractivity contribution in [2.24, 2.45) is 11.3 Å². The average molecular weight is 429 g/mol. The number of piperidine rings is 1. The molecule has 7 heteroatoms. The van der Waals surface area contributed by atoms with Crippen LogP contribution in [-0.4, -0.2) is 37.3 Å². The minimum atomic E-state index is -3.40. The Kier molecular flexibility index (Phi) is 7.22. The van der Waals surface area contributed by atoms with Crippen LogP contribution in [0.3, 0.4) is 0 Å². The van der Waals surface area contributed by atoms with E-state index in [0.717, 1.165) is 6.42 Å². The Morgan fingerprint density at radius 1 is 1.11 bits per heavy atom. The van der Waals surface area contributed by atoms with Crippen LogP contribution in [0.15, 0.2) is 24.3 Å². The van der Waals surface area contributed by atoms with Gasteiger partial charge in [0, 0.05) is 29.6 Å². The Morgan fingerprint density at radius 2 is 1.64 bits per heavy atom. The molecule has 0 aromatic heterocycles. The maximum Gasteiger partial charge on any atom is 0.223 e. The van der Waals surface area contributed by atoms with Gasteiger partial charge in [-0.1, -0.05) is 44.5 Å². The zero-order valence-electron chi connectivity index (χ0n) is 17.6. The lowest BCUT2D eigenvalue weighted by atomic mass is 9.81.